The maximum atomic E-state index is 6.45. The van der Waals surface area contributed by atoms with E-state index in [2.05, 4.69) is 22.0 Å². The third kappa shape index (κ3) is 1.70. The molecular weight excluding hydrogens is 244 g/mol. The van der Waals surface area contributed by atoms with Gasteiger partial charge in [-0.15, -0.1) is 0 Å². The van der Waals surface area contributed by atoms with Crippen molar-refractivity contribution >= 4 is 39.1 Å². The summed E-state index contributed by atoms with van der Waals surface area (Å²) in [5, 5.41) is 2.78. The summed E-state index contributed by atoms with van der Waals surface area (Å²) < 4.78 is 0. The quantitative estimate of drug-likeness (QED) is 0.609. The van der Waals surface area contributed by atoms with Crippen LogP contribution in [0.2, 0.25) is 5.02 Å². The Kier molecular flexibility index (Phi) is 2.60. The summed E-state index contributed by atoms with van der Waals surface area (Å²) in [7, 11) is 4.04. The highest BCUT2D eigenvalue weighted by atomic mass is 35.5. The van der Waals surface area contributed by atoms with Gasteiger partial charge in [0.05, 0.1) is 16.1 Å². The molecule has 0 aliphatic rings. The third-order valence-electron chi connectivity index (χ3n) is 3.12. The average molecular weight is 257 g/mol. The molecule has 0 aliphatic heterocycles. The summed E-state index contributed by atoms with van der Waals surface area (Å²) in [6, 6.07) is 14.1. The number of halogens is 1. The van der Waals surface area contributed by atoms with Crippen LogP contribution in [-0.4, -0.2) is 19.1 Å². The molecule has 2 aromatic carbocycles. The van der Waals surface area contributed by atoms with Gasteiger partial charge >= 0.3 is 0 Å². The Labute approximate surface area is 111 Å². The van der Waals surface area contributed by atoms with E-state index in [4.69, 9.17) is 11.6 Å². The maximum Gasteiger partial charge on any atom is 0.0745 e. The van der Waals surface area contributed by atoms with Gasteiger partial charge in [0.25, 0.3) is 0 Å². The van der Waals surface area contributed by atoms with E-state index in [0.717, 1.165) is 32.5 Å². The van der Waals surface area contributed by atoms with E-state index in [1.165, 1.54) is 0 Å². The molecule has 3 rings (SSSR count). The molecular formula is C15H13ClN2. The molecule has 1 heterocycles. The summed E-state index contributed by atoms with van der Waals surface area (Å²) in [5.41, 5.74) is 3.00. The lowest BCUT2D eigenvalue weighted by Gasteiger charge is -2.13. The van der Waals surface area contributed by atoms with Crippen LogP contribution in [0.5, 0.6) is 0 Å². The number of nitrogens with zero attached hydrogens (tertiary/aromatic N) is 2. The van der Waals surface area contributed by atoms with Crippen molar-refractivity contribution in [2.75, 3.05) is 19.0 Å². The van der Waals surface area contributed by atoms with E-state index in [0.29, 0.717) is 0 Å². The van der Waals surface area contributed by atoms with Gasteiger partial charge in [-0.25, -0.2) is 4.98 Å². The number of fused-ring (bicyclic) bond motifs is 2. The second-order valence-corrected chi connectivity index (χ2v) is 4.92. The van der Waals surface area contributed by atoms with E-state index >= 15 is 0 Å². The maximum absolute atomic E-state index is 6.45. The minimum absolute atomic E-state index is 0.779. The zero-order chi connectivity index (χ0) is 12.7. The number of hydrogen-bond acceptors (Lipinski definition) is 2. The van der Waals surface area contributed by atoms with Gasteiger partial charge in [-0.2, -0.15) is 0 Å². The van der Waals surface area contributed by atoms with Crippen molar-refractivity contribution in [3.8, 4) is 0 Å². The van der Waals surface area contributed by atoms with Crippen molar-refractivity contribution in [1.29, 1.82) is 0 Å². The highest BCUT2D eigenvalue weighted by molar-refractivity contribution is 6.40. The Morgan fingerprint density at radius 1 is 0.944 bits per heavy atom. The molecule has 0 N–H and O–H groups in total. The van der Waals surface area contributed by atoms with Crippen LogP contribution in [0.4, 0.5) is 5.69 Å². The molecule has 0 atom stereocenters. The van der Waals surface area contributed by atoms with Gasteiger partial charge in [-0.1, -0.05) is 29.8 Å². The largest absolute Gasteiger partial charge is 0.378 e. The zero-order valence-corrected chi connectivity index (χ0v) is 11.1. The Hall–Kier alpha value is -1.80. The van der Waals surface area contributed by atoms with Crippen LogP contribution in [0.1, 0.15) is 0 Å². The lowest BCUT2D eigenvalue weighted by Crippen LogP contribution is -2.08. The van der Waals surface area contributed by atoms with Gasteiger partial charge in [-0.3, -0.25) is 0 Å². The fourth-order valence-electron chi connectivity index (χ4n) is 2.11. The SMILES string of the molecule is CN(C)c1ccc2c(Cl)c3ccccc3nc2c1. The molecule has 0 fully saturated rings. The number of aromatic nitrogens is 1. The van der Waals surface area contributed by atoms with Gasteiger partial charge in [0, 0.05) is 30.6 Å². The van der Waals surface area contributed by atoms with Crippen molar-refractivity contribution in [3.05, 3.63) is 47.5 Å². The summed E-state index contributed by atoms with van der Waals surface area (Å²) >= 11 is 6.45. The van der Waals surface area contributed by atoms with Crippen LogP contribution in [0.3, 0.4) is 0 Å². The van der Waals surface area contributed by atoms with Crippen LogP contribution >= 0.6 is 11.6 Å². The molecule has 0 saturated carbocycles. The van der Waals surface area contributed by atoms with E-state index in [1.807, 2.05) is 44.4 Å². The normalized spacial score (nSPS) is 11.1. The first-order chi connectivity index (χ1) is 8.66. The fraction of sp³-hybridized carbons (Fsp3) is 0.133. The number of anilines is 1. The van der Waals surface area contributed by atoms with Crippen LogP contribution in [0.25, 0.3) is 21.8 Å². The first-order valence-electron chi connectivity index (χ1n) is 5.82. The Bertz CT molecular complexity index is 735. The van der Waals surface area contributed by atoms with Crippen LogP contribution in [-0.2, 0) is 0 Å². The minimum Gasteiger partial charge on any atom is -0.378 e. The van der Waals surface area contributed by atoms with E-state index in [9.17, 15) is 0 Å². The number of para-hydroxylation sites is 1. The topological polar surface area (TPSA) is 16.1 Å². The molecule has 0 radical (unpaired) electrons. The Balaban J connectivity index is 2.40. The summed E-state index contributed by atoms with van der Waals surface area (Å²) in [6.07, 6.45) is 0. The standard InChI is InChI=1S/C15H13ClN2/c1-18(2)10-7-8-12-14(9-10)17-13-6-4-3-5-11(13)15(12)16/h3-9H,1-2H3. The van der Waals surface area contributed by atoms with Gasteiger partial charge in [-0.05, 0) is 24.3 Å². The van der Waals surface area contributed by atoms with Crippen molar-refractivity contribution in [3.63, 3.8) is 0 Å². The van der Waals surface area contributed by atoms with E-state index < -0.39 is 0 Å². The summed E-state index contributed by atoms with van der Waals surface area (Å²) in [4.78, 5) is 6.73. The zero-order valence-electron chi connectivity index (χ0n) is 10.3. The van der Waals surface area contributed by atoms with Gasteiger partial charge in [0.2, 0.25) is 0 Å². The number of pyridine rings is 1. The first-order valence-corrected chi connectivity index (χ1v) is 6.20. The third-order valence-corrected chi connectivity index (χ3v) is 3.52. The molecule has 2 nitrogen and oxygen atoms in total. The molecule has 0 saturated heterocycles. The second kappa shape index (κ2) is 4.14. The Morgan fingerprint density at radius 2 is 1.67 bits per heavy atom. The first kappa shape index (κ1) is 11.3. The number of rotatable bonds is 1. The molecule has 0 aliphatic carbocycles. The predicted octanol–water partition coefficient (Wildman–Crippen LogP) is 4.11. The lowest BCUT2D eigenvalue weighted by molar-refractivity contribution is 1.13. The van der Waals surface area contributed by atoms with Crippen molar-refractivity contribution in [2.24, 2.45) is 0 Å². The number of benzene rings is 2. The van der Waals surface area contributed by atoms with E-state index in [-0.39, 0.29) is 0 Å². The van der Waals surface area contributed by atoms with Crippen LogP contribution in [0.15, 0.2) is 42.5 Å². The minimum atomic E-state index is 0.779. The van der Waals surface area contributed by atoms with Crippen molar-refractivity contribution < 1.29 is 0 Å². The molecule has 90 valence electrons. The monoisotopic (exact) mass is 256 g/mol. The van der Waals surface area contributed by atoms with Crippen molar-refractivity contribution in [1.82, 2.24) is 4.98 Å². The smallest absolute Gasteiger partial charge is 0.0745 e. The van der Waals surface area contributed by atoms with Crippen LogP contribution < -0.4 is 4.90 Å². The second-order valence-electron chi connectivity index (χ2n) is 4.54. The summed E-state index contributed by atoms with van der Waals surface area (Å²) in [6.45, 7) is 0. The molecule has 0 unspecified atom stereocenters. The molecule has 1 aromatic heterocycles. The highest BCUT2D eigenvalue weighted by Gasteiger charge is 2.07. The summed E-state index contributed by atoms with van der Waals surface area (Å²) in [5.74, 6) is 0. The van der Waals surface area contributed by atoms with Gasteiger partial charge in [0.15, 0.2) is 0 Å². The number of hydrogen-bond donors (Lipinski definition) is 0. The highest BCUT2D eigenvalue weighted by Crippen LogP contribution is 2.31. The fourth-order valence-corrected chi connectivity index (χ4v) is 2.43. The average Bonchev–Trinajstić information content (AvgIpc) is 2.38. The van der Waals surface area contributed by atoms with Gasteiger partial charge in [0.1, 0.15) is 0 Å². The molecule has 3 heteroatoms. The Morgan fingerprint density at radius 3 is 2.44 bits per heavy atom. The molecule has 0 amide bonds. The molecule has 18 heavy (non-hydrogen) atoms. The predicted molar refractivity (Wildman–Crippen MR) is 78.6 cm³/mol. The van der Waals surface area contributed by atoms with Crippen LogP contribution in [0, 0.1) is 0 Å². The lowest BCUT2D eigenvalue weighted by atomic mass is 10.1. The molecule has 0 bridgehead atoms. The van der Waals surface area contributed by atoms with E-state index in [1.54, 1.807) is 0 Å². The molecule has 3 aromatic rings. The van der Waals surface area contributed by atoms with Gasteiger partial charge < -0.3 is 4.90 Å². The van der Waals surface area contributed by atoms with Crippen molar-refractivity contribution in [2.45, 2.75) is 0 Å². The molecule has 0 spiro atoms.